The second kappa shape index (κ2) is 7.46. The average Bonchev–Trinajstić information content (AvgIpc) is 2.67. The Balaban J connectivity index is 1.93. The highest BCUT2D eigenvalue weighted by molar-refractivity contribution is 5.39. The molecule has 1 aromatic rings. The van der Waals surface area contributed by atoms with Gasteiger partial charge in [0.2, 0.25) is 0 Å². The number of hydrogen-bond acceptors (Lipinski definition) is 4. The first kappa shape index (κ1) is 14.3. The third kappa shape index (κ3) is 4.80. The fourth-order valence-electron chi connectivity index (χ4n) is 2.21. The normalized spacial score (nSPS) is 16.7. The Morgan fingerprint density at radius 2 is 2.21 bits per heavy atom. The number of rotatable bonds is 5. The summed E-state index contributed by atoms with van der Waals surface area (Å²) in [6, 6.07) is 6.28. The zero-order chi connectivity index (χ0) is 13.5. The predicted molar refractivity (Wildman–Crippen MR) is 78.4 cm³/mol. The maximum atomic E-state index is 5.49. The van der Waals surface area contributed by atoms with Crippen LogP contribution >= 0.6 is 0 Å². The van der Waals surface area contributed by atoms with Crippen molar-refractivity contribution in [3.8, 4) is 0 Å². The van der Waals surface area contributed by atoms with Crippen LogP contribution in [0.25, 0.3) is 0 Å². The van der Waals surface area contributed by atoms with Gasteiger partial charge in [0.25, 0.3) is 0 Å². The van der Waals surface area contributed by atoms with Crippen molar-refractivity contribution in [3.63, 3.8) is 0 Å². The predicted octanol–water partition coefficient (Wildman–Crippen LogP) is 2.05. The molecular formula is C15H25N3O. The van der Waals surface area contributed by atoms with Gasteiger partial charge in [-0.2, -0.15) is 0 Å². The lowest BCUT2D eigenvalue weighted by atomic mass is 10.2. The summed E-state index contributed by atoms with van der Waals surface area (Å²) in [5.74, 6) is 1.75. The quantitative estimate of drug-likeness (QED) is 0.882. The van der Waals surface area contributed by atoms with Crippen LogP contribution in [0.5, 0.6) is 0 Å². The minimum Gasteiger partial charge on any atom is -0.380 e. The lowest BCUT2D eigenvalue weighted by Crippen LogP contribution is -2.27. The number of anilines is 1. The van der Waals surface area contributed by atoms with E-state index >= 15 is 0 Å². The highest BCUT2D eigenvalue weighted by Crippen LogP contribution is 2.13. The van der Waals surface area contributed by atoms with E-state index in [1.807, 2.05) is 0 Å². The van der Waals surface area contributed by atoms with E-state index in [0.717, 1.165) is 57.3 Å². The molecule has 19 heavy (non-hydrogen) atoms. The first-order valence-electron chi connectivity index (χ1n) is 7.25. The Hall–Kier alpha value is -1.13. The maximum absolute atomic E-state index is 5.49. The Kier molecular flexibility index (Phi) is 5.61. The van der Waals surface area contributed by atoms with Crippen LogP contribution in [0.3, 0.4) is 0 Å². The molecule has 1 aliphatic rings. The van der Waals surface area contributed by atoms with Gasteiger partial charge < -0.3 is 15.0 Å². The number of aromatic nitrogens is 1. The summed E-state index contributed by atoms with van der Waals surface area (Å²) < 4.78 is 5.49. The first-order chi connectivity index (χ1) is 9.25. The van der Waals surface area contributed by atoms with Crippen molar-refractivity contribution in [1.29, 1.82) is 0 Å². The second-order valence-corrected chi connectivity index (χ2v) is 5.46. The standard InChI is InChI=1S/C15H25N3O/c1-13(2)11-16-12-14-5-3-6-15(17-14)18-7-4-9-19-10-8-18/h3,5-6,13,16H,4,7-12H2,1-2H3. The summed E-state index contributed by atoms with van der Waals surface area (Å²) in [7, 11) is 0. The van der Waals surface area contributed by atoms with Gasteiger partial charge in [-0.05, 0) is 31.0 Å². The molecule has 0 aliphatic carbocycles. The van der Waals surface area contributed by atoms with E-state index in [2.05, 4.69) is 42.3 Å². The Bertz CT molecular complexity index is 373. The van der Waals surface area contributed by atoms with Crippen LogP contribution in [-0.4, -0.2) is 37.8 Å². The molecule has 0 aromatic carbocycles. The van der Waals surface area contributed by atoms with Gasteiger partial charge in [0.1, 0.15) is 5.82 Å². The molecule has 106 valence electrons. The van der Waals surface area contributed by atoms with Crippen molar-refractivity contribution in [1.82, 2.24) is 10.3 Å². The van der Waals surface area contributed by atoms with Crippen molar-refractivity contribution in [2.75, 3.05) is 37.7 Å². The molecule has 1 saturated heterocycles. The lowest BCUT2D eigenvalue weighted by Gasteiger charge is -2.21. The minimum atomic E-state index is 0.672. The highest BCUT2D eigenvalue weighted by Gasteiger charge is 2.11. The Labute approximate surface area is 116 Å². The lowest BCUT2D eigenvalue weighted by molar-refractivity contribution is 0.152. The van der Waals surface area contributed by atoms with E-state index < -0.39 is 0 Å². The third-order valence-electron chi connectivity index (χ3n) is 3.20. The van der Waals surface area contributed by atoms with Crippen LogP contribution in [0.2, 0.25) is 0 Å². The number of pyridine rings is 1. The van der Waals surface area contributed by atoms with Crippen LogP contribution < -0.4 is 10.2 Å². The van der Waals surface area contributed by atoms with Gasteiger partial charge >= 0.3 is 0 Å². The SMILES string of the molecule is CC(C)CNCc1cccc(N2CCCOCC2)n1. The van der Waals surface area contributed by atoms with E-state index in [9.17, 15) is 0 Å². The molecule has 4 nitrogen and oxygen atoms in total. The Morgan fingerprint density at radius 3 is 3.05 bits per heavy atom. The molecule has 4 heteroatoms. The molecule has 0 spiro atoms. The molecule has 2 heterocycles. The number of hydrogen-bond donors (Lipinski definition) is 1. The monoisotopic (exact) mass is 263 g/mol. The summed E-state index contributed by atoms with van der Waals surface area (Å²) >= 11 is 0. The molecule has 1 aliphatic heterocycles. The number of ether oxygens (including phenoxy) is 1. The summed E-state index contributed by atoms with van der Waals surface area (Å²) in [6.07, 6.45) is 1.08. The molecule has 0 amide bonds. The van der Waals surface area contributed by atoms with Crippen molar-refractivity contribution in [2.45, 2.75) is 26.8 Å². The molecule has 0 atom stereocenters. The van der Waals surface area contributed by atoms with Gasteiger partial charge in [-0.25, -0.2) is 4.98 Å². The summed E-state index contributed by atoms with van der Waals surface area (Å²) in [4.78, 5) is 7.06. The summed E-state index contributed by atoms with van der Waals surface area (Å²) in [5.41, 5.74) is 1.11. The van der Waals surface area contributed by atoms with Gasteiger partial charge in [-0.15, -0.1) is 0 Å². The first-order valence-corrected chi connectivity index (χ1v) is 7.25. The molecule has 0 bridgehead atoms. The van der Waals surface area contributed by atoms with Crippen LogP contribution in [0, 0.1) is 5.92 Å². The number of nitrogens with zero attached hydrogens (tertiary/aromatic N) is 2. The van der Waals surface area contributed by atoms with E-state index in [1.54, 1.807) is 0 Å². The van der Waals surface area contributed by atoms with E-state index in [-0.39, 0.29) is 0 Å². The van der Waals surface area contributed by atoms with E-state index in [1.165, 1.54) is 0 Å². The second-order valence-electron chi connectivity index (χ2n) is 5.46. The smallest absolute Gasteiger partial charge is 0.128 e. The van der Waals surface area contributed by atoms with Crippen molar-refractivity contribution in [3.05, 3.63) is 23.9 Å². The molecule has 0 radical (unpaired) electrons. The molecule has 0 unspecified atom stereocenters. The topological polar surface area (TPSA) is 37.4 Å². The zero-order valence-corrected chi connectivity index (χ0v) is 12.1. The molecular weight excluding hydrogens is 238 g/mol. The van der Waals surface area contributed by atoms with Gasteiger partial charge in [0, 0.05) is 26.2 Å². The van der Waals surface area contributed by atoms with E-state index in [4.69, 9.17) is 9.72 Å². The van der Waals surface area contributed by atoms with Gasteiger partial charge in [0.05, 0.1) is 12.3 Å². The fraction of sp³-hybridized carbons (Fsp3) is 0.667. The zero-order valence-electron chi connectivity index (χ0n) is 12.1. The maximum Gasteiger partial charge on any atom is 0.128 e. The fourth-order valence-corrected chi connectivity index (χ4v) is 2.21. The highest BCUT2D eigenvalue weighted by atomic mass is 16.5. The molecule has 0 saturated carbocycles. The molecule has 1 fully saturated rings. The largest absolute Gasteiger partial charge is 0.380 e. The van der Waals surface area contributed by atoms with Gasteiger partial charge in [-0.3, -0.25) is 0 Å². The summed E-state index contributed by atoms with van der Waals surface area (Å²) in [6.45, 7) is 9.96. The van der Waals surface area contributed by atoms with Crippen LogP contribution in [-0.2, 0) is 11.3 Å². The summed E-state index contributed by atoms with van der Waals surface area (Å²) in [5, 5.41) is 3.44. The van der Waals surface area contributed by atoms with Crippen molar-refractivity contribution in [2.24, 2.45) is 5.92 Å². The van der Waals surface area contributed by atoms with Crippen LogP contribution in [0.1, 0.15) is 26.0 Å². The Morgan fingerprint density at radius 1 is 1.32 bits per heavy atom. The average molecular weight is 263 g/mol. The van der Waals surface area contributed by atoms with Crippen molar-refractivity contribution < 1.29 is 4.74 Å². The minimum absolute atomic E-state index is 0.672. The molecule has 2 rings (SSSR count). The van der Waals surface area contributed by atoms with Crippen LogP contribution in [0.4, 0.5) is 5.82 Å². The number of nitrogens with one attached hydrogen (secondary N) is 1. The third-order valence-corrected chi connectivity index (χ3v) is 3.20. The van der Waals surface area contributed by atoms with Gasteiger partial charge in [0.15, 0.2) is 0 Å². The molecule has 1 N–H and O–H groups in total. The van der Waals surface area contributed by atoms with Crippen LogP contribution in [0.15, 0.2) is 18.2 Å². The van der Waals surface area contributed by atoms with Crippen molar-refractivity contribution >= 4 is 5.82 Å². The van der Waals surface area contributed by atoms with Gasteiger partial charge in [-0.1, -0.05) is 19.9 Å². The van der Waals surface area contributed by atoms with E-state index in [0.29, 0.717) is 5.92 Å². The molecule has 1 aromatic heterocycles.